The fourth-order valence-corrected chi connectivity index (χ4v) is 4.26. The zero-order valence-electron chi connectivity index (χ0n) is 14.4. The third kappa shape index (κ3) is 3.85. The number of urea groups is 1. The topological polar surface area (TPSA) is 175 Å². The normalized spacial score (nSPS) is 33.3. The second-order valence-electron chi connectivity index (χ2n) is 6.94. The van der Waals surface area contributed by atoms with Crippen LogP contribution in [0.2, 0.25) is 0 Å². The summed E-state index contributed by atoms with van der Waals surface area (Å²) in [5, 5.41) is 12.5. The number of piperidine rings is 1. The number of primary amides is 1. The van der Waals surface area contributed by atoms with Gasteiger partial charge < -0.3 is 15.8 Å². The van der Waals surface area contributed by atoms with Crippen LogP contribution in [0.4, 0.5) is 4.79 Å². The smallest absolute Gasteiger partial charge is 0.365 e. The summed E-state index contributed by atoms with van der Waals surface area (Å²) < 4.78 is 40.9. The summed E-state index contributed by atoms with van der Waals surface area (Å²) in [6.45, 7) is 0.733. The molecule has 0 aromatic heterocycles. The van der Waals surface area contributed by atoms with E-state index >= 15 is 0 Å². The Morgan fingerprint density at radius 1 is 1.52 bits per heavy atom. The van der Waals surface area contributed by atoms with Gasteiger partial charge in [0.1, 0.15) is 0 Å². The number of hydrogen-bond acceptors (Lipinski definition) is 8. The van der Waals surface area contributed by atoms with Crippen molar-refractivity contribution in [2.24, 2.45) is 11.7 Å². The Kier molecular flexibility index (Phi) is 5.28. The summed E-state index contributed by atoms with van der Waals surface area (Å²) in [6.07, 6.45) is 1.38. The number of nitrogens with zero attached hydrogens (tertiary/aromatic N) is 3. The zero-order valence-corrected chi connectivity index (χ0v) is 15.2. The van der Waals surface area contributed by atoms with E-state index in [1.807, 2.05) is 0 Å². The highest BCUT2D eigenvalue weighted by Gasteiger charge is 2.58. The van der Waals surface area contributed by atoms with Crippen molar-refractivity contribution in [2.45, 2.75) is 43.5 Å². The van der Waals surface area contributed by atoms with Crippen LogP contribution in [0.3, 0.4) is 0 Å². The maximum absolute atomic E-state index is 12.5. The molecule has 2 bridgehead atoms. The molecule has 3 heterocycles. The van der Waals surface area contributed by atoms with Crippen LogP contribution in [-0.2, 0) is 24.2 Å². The van der Waals surface area contributed by atoms with Gasteiger partial charge in [-0.15, -0.1) is 4.28 Å². The van der Waals surface area contributed by atoms with Gasteiger partial charge in [-0.1, -0.05) is 0 Å². The molecular weight excluding hydrogens is 382 g/mol. The van der Waals surface area contributed by atoms with E-state index in [0.717, 1.165) is 4.90 Å². The molecule has 0 aromatic rings. The van der Waals surface area contributed by atoms with Crippen molar-refractivity contribution in [3.63, 3.8) is 0 Å². The Hall–Kier alpha value is -1.98. The van der Waals surface area contributed by atoms with Gasteiger partial charge in [0, 0.05) is 25.4 Å². The van der Waals surface area contributed by atoms with Gasteiger partial charge in [-0.3, -0.25) is 14.2 Å². The molecule has 2 unspecified atom stereocenters. The van der Waals surface area contributed by atoms with Gasteiger partial charge in [-0.2, -0.15) is 18.7 Å². The summed E-state index contributed by atoms with van der Waals surface area (Å²) in [7, 11) is -4.89. The summed E-state index contributed by atoms with van der Waals surface area (Å²) in [5.41, 5.74) is 3.81. The number of ether oxygens (including phenoxy) is 1. The Morgan fingerprint density at radius 3 is 2.89 bits per heavy atom. The number of hydrogen-bond donors (Lipinski definition) is 3. The molecule has 3 aliphatic heterocycles. The first kappa shape index (κ1) is 19.8. The monoisotopic (exact) mass is 403 g/mol. The molecule has 0 radical (unpaired) electrons. The maximum atomic E-state index is 12.5. The molecule has 0 saturated carbocycles. The number of nitrogens with one attached hydrogen (secondary N) is 1. The van der Waals surface area contributed by atoms with E-state index < -0.39 is 34.1 Å². The molecule has 3 saturated heterocycles. The molecule has 0 aromatic carbocycles. The van der Waals surface area contributed by atoms with Crippen molar-refractivity contribution in [1.82, 2.24) is 15.3 Å². The van der Waals surface area contributed by atoms with E-state index in [1.54, 1.807) is 0 Å². The fraction of sp³-hybridized carbons (Fsp3) is 0.786. The van der Waals surface area contributed by atoms with Crippen LogP contribution in [0.25, 0.3) is 0 Å². The average Bonchev–Trinajstić information content (AvgIpc) is 3.13. The lowest BCUT2D eigenvalue weighted by atomic mass is 9.96. The number of fused-ring (bicyclic) bond motifs is 2. The summed E-state index contributed by atoms with van der Waals surface area (Å²) in [5.74, 6) is -0.675. The predicted octanol–water partition coefficient (Wildman–Crippen LogP) is -1.29. The number of nitriles is 1. The molecule has 13 heteroatoms. The minimum atomic E-state index is -4.89. The van der Waals surface area contributed by atoms with E-state index in [9.17, 15) is 18.0 Å². The second-order valence-corrected chi connectivity index (χ2v) is 7.95. The third-order valence-corrected chi connectivity index (χ3v) is 5.52. The number of carbonyl (C=O) groups is 2. The molecule has 150 valence electrons. The number of hydroxylamine groups is 2. The highest BCUT2D eigenvalue weighted by molar-refractivity contribution is 7.80. The van der Waals surface area contributed by atoms with E-state index in [4.69, 9.17) is 20.3 Å². The minimum absolute atomic E-state index is 0.0214. The van der Waals surface area contributed by atoms with E-state index in [1.165, 1.54) is 0 Å². The van der Waals surface area contributed by atoms with Crippen LogP contribution >= 0.6 is 0 Å². The number of amides is 3. The fourth-order valence-electron chi connectivity index (χ4n) is 3.87. The first-order valence-electron chi connectivity index (χ1n) is 8.48. The van der Waals surface area contributed by atoms with Gasteiger partial charge in [0.2, 0.25) is 5.72 Å². The molecule has 0 aliphatic carbocycles. The van der Waals surface area contributed by atoms with Gasteiger partial charge in [0.25, 0.3) is 5.91 Å². The third-order valence-electron chi connectivity index (χ3n) is 5.17. The zero-order chi connectivity index (χ0) is 19.8. The van der Waals surface area contributed by atoms with Crippen LogP contribution in [0, 0.1) is 17.2 Å². The molecule has 3 amide bonds. The molecule has 27 heavy (non-hydrogen) atoms. The molecule has 0 spiro atoms. The maximum Gasteiger partial charge on any atom is 0.418 e. The lowest BCUT2D eigenvalue weighted by molar-refractivity contribution is -0.175. The van der Waals surface area contributed by atoms with E-state index in [2.05, 4.69) is 15.7 Å². The molecule has 3 fully saturated rings. The van der Waals surface area contributed by atoms with Gasteiger partial charge >= 0.3 is 16.4 Å². The Labute approximate surface area is 156 Å². The van der Waals surface area contributed by atoms with Crippen LogP contribution < -0.4 is 11.1 Å². The van der Waals surface area contributed by atoms with Crippen molar-refractivity contribution in [2.75, 3.05) is 19.7 Å². The summed E-state index contributed by atoms with van der Waals surface area (Å²) in [6, 6.07) is 0.445. The Bertz CT molecular complexity index is 768. The van der Waals surface area contributed by atoms with Crippen LogP contribution in [0.15, 0.2) is 0 Å². The molecule has 4 atom stereocenters. The van der Waals surface area contributed by atoms with Crippen molar-refractivity contribution < 1.29 is 31.6 Å². The van der Waals surface area contributed by atoms with E-state index in [-0.39, 0.29) is 38.0 Å². The van der Waals surface area contributed by atoms with Crippen LogP contribution in [-0.4, -0.2) is 72.4 Å². The van der Waals surface area contributed by atoms with Crippen molar-refractivity contribution in [3.8, 4) is 6.07 Å². The molecule has 3 rings (SSSR count). The van der Waals surface area contributed by atoms with Gasteiger partial charge in [-0.25, -0.2) is 4.79 Å². The highest BCUT2D eigenvalue weighted by atomic mass is 32.3. The van der Waals surface area contributed by atoms with Gasteiger partial charge in [0.05, 0.1) is 18.7 Å². The summed E-state index contributed by atoms with van der Waals surface area (Å²) >= 11 is 0. The van der Waals surface area contributed by atoms with Crippen LogP contribution in [0.1, 0.15) is 25.7 Å². The first-order chi connectivity index (χ1) is 12.7. The van der Waals surface area contributed by atoms with Crippen molar-refractivity contribution in [1.29, 1.82) is 5.26 Å². The lowest BCUT2D eigenvalue weighted by Gasteiger charge is -2.40. The Morgan fingerprint density at radius 2 is 2.26 bits per heavy atom. The first-order valence-corrected chi connectivity index (χ1v) is 9.85. The highest BCUT2D eigenvalue weighted by Crippen LogP contribution is 2.38. The SMILES string of the molecule is N#CC[C@H]1CN[C@H](COC2(C(N)=O)CCC3CN2C(=O)N3OS(=O)(=O)O)C1. The molecule has 3 aliphatic rings. The number of nitrogens with two attached hydrogens (primary N) is 1. The average molecular weight is 403 g/mol. The van der Waals surface area contributed by atoms with Gasteiger partial charge in [-0.05, 0) is 25.3 Å². The molecule has 4 N–H and O–H groups in total. The Balaban J connectivity index is 1.71. The lowest BCUT2D eigenvalue weighted by Crippen LogP contribution is -2.62. The van der Waals surface area contributed by atoms with Crippen LogP contribution in [0.5, 0.6) is 0 Å². The number of carbonyl (C=O) groups excluding carboxylic acids is 2. The standard InChI is InChI=1S/C14H21N5O7S/c15-4-2-9-5-10(17-6-9)8-25-14(12(16)20)3-1-11-7-18(14)13(21)19(11)26-27(22,23)24/h9-11,17H,1-3,5-8H2,(H2,16,20)(H,22,23,24)/t9-,10+,11?,14?/m1/s1. The predicted molar refractivity (Wildman–Crippen MR) is 87.6 cm³/mol. The largest absolute Gasteiger partial charge is 0.418 e. The number of rotatable bonds is 7. The summed E-state index contributed by atoms with van der Waals surface area (Å²) in [4.78, 5) is 25.8. The van der Waals surface area contributed by atoms with Crippen molar-refractivity contribution >= 4 is 22.3 Å². The quantitative estimate of drug-likeness (QED) is 0.437. The second kappa shape index (κ2) is 7.21. The van der Waals surface area contributed by atoms with E-state index in [0.29, 0.717) is 24.4 Å². The van der Waals surface area contributed by atoms with Crippen molar-refractivity contribution in [3.05, 3.63) is 0 Å². The van der Waals surface area contributed by atoms with Gasteiger partial charge in [0.15, 0.2) is 0 Å². The molecular formula is C14H21N5O7S. The molecule has 12 nitrogen and oxygen atoms in total. The minimum Gasteiger partial charge on any atom is -0.365 e.